The Hall–Kier alpha value is -3.80. The molecule has 3 aromatic rings. The van der Waals surface area contributed by atoms with Crippen LogP contribution in [0.3, 0.4) is 0 Å². The smallest absolute Gasteiger partial charge is 0.259 e. The fourth-order valence-corrected chi connectivity index (χ4v) is 2.82. The summed E-state index contributed by atoms with van der Waals surface area (Å²) >= 11 is 0. The number of hydrogen-bond donors (Lipinski definition) is 1. The monoisotopic (exact) mass is 404 g/mol. The molecule has 30 heavy (non-hydrogen) atoms. The minimum atomic E-state index is -0.353. The van der Waals surface area contributed by atoms with Crippen LogP contribution in [0.15, 0.2) is 78.9 Å². The normalized spacial score (nSPS) is 10.2. The summed E-state index contributed by atoms with van der Waals surface area (Å²) in [6.45, 7) is 0.634. The van der Waals surface area contributed by atoms with Crippen molar-refractivity contribution in [3.05, 3.63) is 90.0 Å². The molecule has 0 unspecified atom stereocenters. The number of nitrogens with one attached hydrogen (secondary N) is 1. The van der Waals surface area contributed by atoms with Crippen LogP contribution in [0.25, 0.3) is 0 Å². The molecule has 3 aromatic carbocycles. The summed E-state index contributed by atoms with van der Waals surface area (Å²) in [5.41, 5.74) is 1.25. The van der Waals surface area contributed by atoms with Gasteiger partial charge in [0.1, 0.15) is 24.7 Å². The van der Waals surface area contributed by atoms with E-state index in [1.54, 1.807) is 62.6 Å². The summed E-state index contributed by atoms with van der Waals surface area (Å²) in [6, 6.07) is 23.3. The Morgan fingerprint density at radius 2 is 1.37 bits per heavy atom. The van der Waals surface area contributed by atoms with Crippen molar-refractivity contribution >= 4 is 17.5 Å². The number of anilines is 1. The predicted octanol–water partition coefficient (Wildman–Crippen LogP) is 4.10. The molecule has 0 spiro atoms. The summed E-state index contributed by atoms with van der Waals surface area (Å²) in [6.07, 6.45) is 0. The molecule has 0 aliphatic carbocycles. The maximum absolute atomic E-state index is 12.9. The van der Waals surface area contributed by atoms with Gasteiger partial charge >= 0.3 is 0 Å². The van der Waals surface area contributed by atoms with Gasteiger partial charge in [-0.2, -0.15) is 0 Å². The van der Waals surface area contributed by atoms with Gasteiger partial charge in [0, 0.05) is 14.1 Å². The van der Waals surface area contributed by atoms with E-state index in [1.165, 1.54) is 4.90 Å². The standard InChI is InChI=1S/C24H24N2O4/c1-26(2)24(28)19-12-6-8-14-21(19)25-23(27)20-13-7-9-15-22(20)30-17-16-29-18-10-4-3-5-11-18/h3-15H,16-17H2,1-2H3,(H,25,27). The number of para-hydroxylation sites is 3. The van der Waals surface area contributed by atoms with Gasteiger partial charge in [0.15, 0.2) is 0 Å². The van der Waals surface area contributed by atoms with E-state index in [4.69, 9.17) is 9.47 Å². The molecular weight excluding hydrogens is 380 g/mol. The summed E-state index contributed by atoms with van der Waals surface area (Å²) in [4.78, 5) is 26.7. The lowest BCUT2D eigenvalue weighted by Crippen LogP contribution is -2.24. The number of amides is 2. The maximum atomic E-state index is 12.9. The highest BCUT2D eigenvalue weighted by atomic mass is 16.5. The van der Waals surface area contributed by atoms with E-state index in [-0.39, 0.29) is 18.4 Å². The Bertz CT molecular complexity index is 1000. The molecule has 0 bridgehead atoms. The van der Waals surface area contributed by atoms with Crippen LogP contribution in [0.2, 0.25) is 0 Å². The fraction of sp³-hybridized carbons (Fsp3) is 0.167. The van der Waals surface area contributed by atoms with Gasteiger partial charge in [-0.15, -0.1) is 0 Å². The molecule has 6 nitrogen and oxygen atoms in total. The summed E-state index contributed by atoms with van der Waals surface area (Å²) in [5, 5.41) is 2.82. The van der Waals surface area contributed by atoms with Crippen molar-refractivity contribution in [2.24, 2.45) is 0 Å². The zero-order valence-corrected chi connectivity index (χ0v) is 17.0. The Kier molecular flexibility index (Phi) is 7.05. The van der Waals surface area contributed by atoms with Crippen molar-refractivity contribution in [3.63, 3.8) is 0 Å². The molecular formula is C24H24N2O4. The summed E-state index contributed by atoms with van der Waals surface area (Å²) < 4.78 is 11.4. The first-order valence-electron chi connectivity index (χ1n) is 9.58. The Balaban J connectivity index is 1.67. The second kappa shape index (κ2) is 10.1. The molecule has 3 rings (SSSR count). The van der Waals surface area contributed by atoms with Crippen molar-refractivity contribution in [2.75, 3.05) is 32.6 Å². The molecule has 2 amide bonds. The Morgan fingerprint density at radius 3 is 2.10 bits per heavy atom. The lowest BCUT2D eigenvalue weighted by molar-refractivity contribution is 0.0828. The molecule has 0 aliphatic rings. The van der Waals surface area contributed by atoms with E-state index in [9.17, 15) is 9.59 Å². The number of rotatable bonds is 8. The molecule has 0 saturated carbocycles. The third kappa shape index (κ3) is 5.38. The largest absolute Gasteiger partial charge is 0.490 e. The average molecular weight is 404 g/mol. The molecule has 0 radical (unpaired) electrons. The minimum absolute atomic E-state index is 0.187. The van der Waals surface area contributed by atoms with Crippen LogP contribution in [0, 0.1) is 0 Å². The quantitative estimate of drug-likeness (QED) is 0.574. The van der Waals surface area contributed by atoms with Gasteiger partial charge in [-0.05, 0) is 36.4 Å². The zero-order chi connectivity index (χ0) is 21.3. The highest BCUT2D eigenvalue weighted by molar-refractivity contribution is 6.10. The number of carbonyl (C=O) groups excluding carboxylic acids is 2. The molecule has 0 heterocycles. The molecule has 154 valence electrons. The molecule has 6 heteroatoms. The van der Waals surface area contributed by atoms with E-state index in [1.807, 2.05) is 30.3 Å². The summed E-state index contributed by atoms with van der Waals surface area (Å²) in [7, 11) is 3.34. The van der Waals surface area contributed by atoms with Crippen molar-refractivity contribution in [2.45, 2.75) is 0 Å². The second-order valence-corrected chi connectivity index (χ2v) is 6.71. The molecule has 0 fully saturated rings. The predicted molar refractivity (Wildman–Crippen MR) is 116 cm³/mol. The van der Waals surface area contributed by atoms with Crippen LogP contribution in [0.1, 0.15) is 20.7 Å². The Morgan fingerprint density at radius 1 is 0.767 bits per heavy atom. The van der Waals surface area contributed by atoms with Gasteiger partial charge in [0.25, 0.3) is 11.8 Å². The number of nitrogens with zero attached hydrogens (tertiary/aromatic N) is 1. The maximum Gasteiger partial charge on any atom is 0.259 e. The summed E-state index contributed by atoms with van der Waals surface area (Å²) in [5.74, 6) is 0.666. The van der Waals surface area contributed by atoms with Crippen molar-refractivity contribution < 1.29 is 19.1 Å². The van der Waals surface area contributed by atoms with Crippen LogP contribution in [0.5, 0.6) is 11.5 Å². The number of benzene rings is 3. The van der Waals surface area contributed by atoms with Crippen molar-refractivity contribution in [1.82, 2.24) is 4.90 Å². The third-order valence-electron chi connectivity index (χ3n) is 4.30. The third-order valence-corrected chi connectivity index (χ3v) is 4.30. The number of carbonyl (C=O) groups is 2. The van der Waals surface area contributed by atoms with Gasteiger partial charge < -0.3 is 19.7 Å². The van der Waals surface area contributed by atoms with Gasteiger partial charge in [0.05, 0.1) is 16.8 Å². The number of ether oxygens (including phenoxy) is 2. The van der Waals surface area contributed by atoms with E-state index in [2.05, 4.69) is 5.32 Å². The van der Waals surface area contributed by atoms with Crippen molar-refractivity contribution in [1.29, 1.82) is 0 Å². The molecule has 0 aromatic heterocycles. The second-order valence-electron chi connectivity index (χ2n) is 6.71. The Labute approximate surface area is 176 Å². The zero-order valence-electron chi connectivity index (χ0n) is 17.0. The lowest BCUT2D eigenvalue weighted by Gasteiger charge is -2.16. The minimum Gasteiger partial charge on any atom is -0.490 e. The van der Waals surface area contributed by atoms with Gasteiger partial charge in [-0.25, -0.2) is 0 Å². The van der Waals surface area contributed by atoms with E-state index >= 15 is 0 Å². The van der Waals surface area contributed by atoms with Crippen LogP contribution in [0.4, 0.5) is 5.69 Å². The topological polar surface area (TPSA) is 67.9 Å². The SMILES string of the molecule is CN(C)C(=O)c1ccccc1NC(=O)c1ccccc1OCCOc1ccccc1. The first kappa shape index (κ1) is 20.9. The van der Waals surface area contributed by atoms with Crippen LogP contribution >= 0.6 is 0 Å². The fourth-order valence-electron chi connectivity index (χ4n) is 2.82. The van der Waals surface area contributed by atoms with E-state index < -0.39 is 0 Å². The average Bonchev–Trinajstić information content (AvgIpc) is 2.77. The number of hydrogen-bond acceptors (Lipinski definition) is 4. The van der Waals surface area contributed by atoms with Crippen LogP contribution in [-0.2, 0) is 0 Å². The molecule has 0 atom stereocenters. The molecule has 1 N–H and O–H groups in total. The van der Waals surface area contributed by atoms with Gasteiger partial charge in [-0.3, -0.25) is 9.59 Å². The van der Waals surface area contributed by atoms with Crippen molar-refractivity contribution in [3.8, 4) is 11.5 Å². The van der Waals surface area contributed by atoms with E-state index in [0.29, 0.717) is 29.2 Å². The molecule has 0 saturated heterocycles. The van der Waals surface area contributed by atoms with Gasteiger partial charge in [0.2, 0.25) is 0 Å². The first-order valence-corrected chi connectivity index (χ1v) is 9.58. The van der Waals surface area contributed by atoms with Crippen LogP contribution in [-0.4, -0.2) is 44.0 Å². The van der Waals surface area contributed by atoms with Gasteiger partial charge in [-0.1, -0.05) is 42.5 Å². The lowest BCUT2D eigenvalue weighted by atomic mass is 10.1. The first-order chi connectivity index (χ1) is 14.6. The molecule has 0 aliphatic heterocycles. The van der Waals surface area contributed by atoms with Crippen LogP contribution < -0.4 is 14.8 Å². The highest BCUT2D eigenvalue weighted by Gasteiger charge is 2.17. The highest BCUT2D eigenvalue weighted by Crippen LogP contribution is 2.22. The van der Waals surface area contributed by atoms with E-state index in [0.717, 1.165) is 5.75 Å².